The quantitative estimate of drug-likeness (QED) is 0.371. The van der Waals surface area contributed by atoms with Crippen LogP contribution in [0.1, 0.15) is 38.1 Å². The number of hydrogen-bond acceptors (Lipinski definition) is 5. The minimum Gasteiger partial charge on any atom is -0.495 e. The number of halogens is 2. The lowest BCUT2D eigenvalue weighted by Crippen LogP contribution is -2.39. The largest absolute Gasteiger partial charge is 0.495 e. The van der Waals surface area contributed by atoms with Crippen LogP contribution < -0.4 is 15.4 Å². The molecule has 0 bridgehead atoms. The van der Waals surface area contributed by atoms with E-state index in [0.717, 1.165) is 55.1 Å². The molecule has 160 valence electrons. The summed E-state index contributed by atoms with van der Waals surface area (Å²) >= 11 is 6.30. The predicted octanol–water partition coefficient (Wildman–Crippen LogP) is 5.38. The highest BCUT2D eigenvalue weighted by atomic mass is 127. The minimum absolute atomic E-state index is 0.00341. The van der Waals surface area contributed by atoms with Crippen molar-refractivity contribution < 1.29 is 9.53 Å². The number of anilines is 1. The summed E-state index contributed by atoms with van der Waals surface area (Å²) in [6.45, 7) is 2.78. The average molecular weight is 657 g/mol. The van der Waals surface area contributed by atoms with Gasteiger partial charge >= 0.3 is 0 Å². The summed E-state index contributed by atoms with van der Waals surface area (Å²) in [4.78, 5) is 16.9. The van der Waals surface area contributed by atoms with Crippen LogP contribution in [0.2, 0.25) is 0 Å². The van der Waals surface area contributed by atoms with E-state index in [2.05, 4.69) is 103 Å². The van der Waals surface area contributed by atoms with Crippen LogP contribution in [0.25, 0.3) is 0 Å². The van der Waals surface area contributed by atoms with E-state index in [1.165, 1.54) is 16.0 Å². The van der Waals surface area contributed by atoms with E-state index in [0.29, 0.717) is 0 Å². The molecule has 0 saturated heterocycles. The summed E-state index contributed by atoms with van der Waals surface area (Å²) in [5.74, 6) is 0.807. The smallest absolute Gasteiger partial charge is 0.256 e. The average Bonchev–Trinajstić information content (AvgIpc) is 3.12. The van der Waals surface area contributed by atoms with Gasteiger partial charge in [0.1, 0.15) is 16.9 Å². The maximum absolute atomic E-state index is 13.1. The number of hydrogen-bond donors (Lipinski definition) is 2. The maximum Gasteiger partial charge on any atom is 0.256 e. The molecule has 0 radical (unpaired) electrons. The standard InChI is InChI=1S/C23H21I2N3O2S/c1-30-20-16(9-14(24)10-17(20)25)21-26-22(29)19-15-7-8-28(11-13-5-3-2-4-6-13)12-18(15)31-23(19)27-21/h2-6,9-10,21,27H,7-8,11-12H2,1H3,(H,26,29)/t21-/m0/s1. The topological polar surface area (TPSA) is 53.6 Å². The number of amides is 1. The lowest BCUT2D eigenvalue weighted by molar-refractivity contribution is 0.0934. The zero-order valence-electron chi connectivity index (χ0n) is 16.9. The Morgan fingerprint density at radius 2 is 2.00 bits per heavy atom. The first kappa shape index (κ1) is 21.5. The van der Waals surface area contributed by atoms with Crippen LogP contribution in [0.15, 0.2) is 42.5 Å². The normalized spacial score (nSPS) is 18.0. The lowest BCUT2D eigenvalue weighted by atomic mass is 10.00. The molecule has 2 aliphatic heterocycles. The van der Waals surface area contributed by atoms with E-state index in [-0.39, 0.29) is 12.1 Å². The van der Waals surface area contributed by atoms with Gasteiger partial charge in [-0.05, 0) is 74.9 Å². The fourth-order valence-electron chi connectivity index (χ4n) is 4.31. The third-order valence-corrected chi connectivity index (χ3v) is 8.29. The molecule has 0 aliphatic carbocycles. The van der Waals surface area contributed by atoms with Crippen molar-refractivity contribution in [2.75, 3.05) is 19.0 Å². The van der Waals surface area contributed by atoms with Gasteiger partial charge in [0.05, 0.1) is 16.2 Å². The highest BCUT2D eigenvalue weighted by molar-refractivity contribution is 14.1. The van der Waals surface area contributed by atoms with Gasteiger partial charge < -0.3 is 15.4 Å². The maximum atomic E-state index is 13.1. The van der Waals surface area contributed by atoms with Gasteiger partial charge in [0.25, 0.3) is 5.91 Å². The molecule has 31 heavy (non-hydrogen) atoms. The van der Waals surface area contributed by atoms with E-state index in [9.17, 15) is 4.79 Å². The second-order valence-corrected chi connectivity index (χ2v) is 11.2. The fourth-order valence-corrected chi connectivity index (χ4v) is 7.74. The first-order chi connectivity index (χ1) is 15.0. The summed E-state index contributed by atoms with van der Waals surface area (Å²) < 4.78 is 7.80. The van der Waals surface area contributed by atoms with Gasteiger partial charge in [-0.25, -0.2) is 0 Å². The number of benzene rings is 2. The second kappa shape index (κ2) is 8.87. The molecule has 1 amide bonds. The molecule has 2 aliphatic rings. The van der Waals surface area contributed by atoms with Gasteiger partial charge in [-0.2, -0.15) is 0 Å². The lowest BCUT2D eigenvalue weighted by Gasteiger charge is -2.29. The minimum atomic E-state index is -0.307. The van der Waals surface area contributed by atoms with E-state index >= 15 is 0 Å². The molecule has 1 aromatic heterocycles. The summed E-state index contributed by atoms with van der Waals surface area (Å²) in [5, 5.41) is 7.71. The van der Waals surface area contributed by atoms with Crippen molar-refractivity contribution in [3.63, 3.8) is 0 Å². The highest BCUT2D eigenvalue weighted by Gasteiger charge is 2.34. The van der Waals surface area contributed by atoms with Crippen molar-refractivity contribution in [2.24, 2.45) is 0 Å². The van der Waals surface area contributed by atoms with Crippen molar-refractivity contribution in [3.8, 4) is 5.75 Å². The fraction of sp³-hybridized carbons (Fsp3) is 0.261. The van der Waals surface area contributed by atoms with Crippen molar-refractivity contribution in [1.82, 2.24) is 10.2 Å². The number of thiophene rings is 1. The summed E-state index contributed by atoms with van der Waals surface area (Å²) in [5.41, 5.74) is 4.31. The summed E-state index contributed by atoms with van der Waals surface area (Å²) in [7, 11) is 1.68. The van der Waals surface area contributed by atoms with Gasteiger partial charge in [0, 0.05) is 33.6 Å². The van der Waals surface area contributed by atoms with Gasteiger partial charge in [-0.15, -0.1) is 11.3 Å². The molecule has 2 aromatic carbocycles. The van der Waals surface area contributed by atoms with Gasteiger partial charge in [-0.3, -0.25) is 9.69 Å². The molecule has 1 atom stereocenters. The molecule has 0 unspecified atom stereocenters. The van der Waals surface area contributed by atoms with Crippen LogP contribution in [0.3, 0.4) is 0 Å². The predicted molar refractivity (Wildman–Crippen MR) is 141 cm³/mol. The number of nitrogens with one attached hydrogen (secondary N) is 2. The Morgan fingerprint density at radius 1 is 1.19 bits per heavy atom. The SMILES string of the molecule is COc1c(I)cc(I)cc1[C@H]1NC(=O)c2c(sc3c2CCN(Cc2ccccc2)C3)N1. The zero-order valence-corrected chi connectivity index (χ0v) is 22.0. The molecule has 3 heterocycles. The van der Waals surface area contributed by atoms with E-state index in [1.54, 1.807) is 18.4 Å². The molecule has 0 fully saturated rings. The van der Waals surface area contributed by atoms with Crippen LogP contribution in [0.4, 0.5) is 5.00 Å². The van der Waals surface area contributed by atoms with Crippen molar-refractivity contribution >= 4 is 67.4 Å². The third-order valence-electron chi connectivity index (χ3n) is 5.72. The molecular weight excluding hydrogens is 636 g/mol. The first-order valence-corrected chi connectivity index (χ1v) is 13.0. The molecule has 2 N–H and O–H groups in total. The van der Waals surface area contributed by atoms with Crippen molar-refractivity contribution in [1.29, 1.82) is 0 Å². The number of nitrogens with zero attached hydrogens (tertiary/aromatic N) is 1. The van der Waals surface area contributed by atoms with Crippen LogP contribution in [0.5, 0.6) is 5.75 Å². The number of fused-ring (bicyclic) bond motifs is 3. The molecule has 8 heteroatoms. The van der Waals surface area contributed by atoms with Gasteiger partial charge in [0.2, 0.25) is 0 Å². The Balaban J connectivity index is 1.42. The van der Waals surface area contributed by atoms with Gasteiger partial charge in [-0.1, -0.05) is 30.3 Å². The van der Waals surface area contributed by atoms with E-state index in [1.807, 2.05) is 0 Å². The molecule has 0 saturated carbocycles. The van der Waals surface area contributed by atoms with Crippen LogP contribution >= 0.6 is 56.5 Å². The van der Waals surface area contributed by atoms with Crippen LogP contribution in [-0.2, 0) is 19.5 Å². The monoisotopic (exact) mass is 657 g/mol. The first-order valence-electron chi connectivity index (χ1n) is 10.0. The van der Waals surface area contributed by atoms with Crippen LogP contribution in [-0.4, -0.2) is 24.5 Å². The summed E-state index contributed by atoms with van der Waals surface area (Å²) in [6, 6.07) is 14.7. The Morgan fingerprint density at radius 3 is 2.77 bits per heavy atom. The Kier molecular flexibility index (Phi) is 6.15. The number of rotatable bonds is 4. The van der Waals surface area contributed by atoms with Crippen LogP contribution in [0, 0.1) is 7.14 Å². The van der Waals surface area contributed by atoms with Crippen molar-refractivity contribution in [2.45, 2.75) is 25.7 Å². The Labute approximate surface area is 212 Å². The molecule has 5 nitrogen and oxygen atoms in total. The number of ether oxygens (including phenoxy) is 1. The van der Waals surface area contributed by atoms with E-state index < -0.39 is 0 Å². The van der Waals surface area contributed by atoms with Crippen molar-refractivity contribution in [3.05, 3.63) is 76.7 Å². The zero-order chi connectivity index (χ0) is 21.5. The second-order valence-electron chi connectivity index (χ2n) is 7.72. The Hall–Kier alpha value is -1.37. The Bertz CT molecular complexity index is 1150. The molecule has 0 spiro atoms. The molecule has 3 aromatic rings. The van der Waals surface area contributed by atoms with Gasteiger partial charge in [0.15, 0.2) is 0 Å². The molecular formula is C23H21I2N3O2S. The third kappa shape index (κ3) is 4.19. The number of methoxy groups -OCH3 is 1. The number of carbonyl (C=O) groups excluding carboxylic acids is 1. The summed E-state index contributed by atoms with van der Waals surface area (Å²) in [6.07, 6.45) is 0.594. The highest BCUT2D eigenvalue weighted by Crippen LogP contribution is 2.42. The molecule has 5 rings (SSSR count). The number of carbonyl (C=O) groups is 1. The van der Waals surface area contributed by atoms with E-state index in [4.69, 9.17) is 4.74 Å².